The Bertz CT molecular complexity index is 2130. The molecule has 13 heteroatoms. The number of ketones is 1. The first-order valence-corrected chi connectivity index (χ1v) is 20.5. The summed E-state index contributed by atoms with van der Waals surface area (Å²) >= 11 is 0.822. The molecule has 2 aliphatic heterocycles. The maximum atomic E-state index is 13.6. The molecular weight excluding hydrogens is 761 g/mol. The average molecular weight is 798 g/mol. The van der Waals surface area contributed by atoms with Crippen LogP contribution in [0.25, 0.3) is 39.3 Å². The van der Waals surface area contributed by atoms with Crippen LogP contribution in [-0.2, 0) is 20.8 Å². The zero-order chi connectivity index (χ0) is 36.6. The van der Waals surface area contributed by atoms with Gasteiger partial charge in [0.2, 0.25) is 5.91 Å². The van der Waals surface area contributed by atoms with Gasteiger partial charge in [-0.05, 0) is 55.9 Å². The van der Waals surface area contributed by atoms with Crippen molar-refractivity contribution in [2.75, 3.05) is 13.1 Å². The van der Waals surface area contributed by atoms with Gasteiger partial charge in [0, 0.05) is 41.6 Å². The first kappa shape index (κ1) is 37.1. The number of aliphatic carboxylic acids is 2. The van der Waals surface area contributed by atoms with Crippen LogP contribution in [0.1, 0.15) is 107 Å². The van der Waals surface area contributed by atoms with Crippen LogP contribution in [0.3, 0.4) is 0 Å². The molecule has 0 saturated carbocycles. The van der Waals surface area contributed by atoms with Gasteiger partial charge in [0.15, 0.2) is 5.78 Å². The zero-order valence-electron chi connectivity index (χ0n) is 28.6. The van der Waals surface area contributed by atoms with Crippen LogP contribution in [0.4, 0.5) is 0 Å². The maximum absolute atomic E-state index is 13.6. The second-order valence-corrected chi connectivity index (χ2v) is 12.7. The van der Waals surface area contributed by atoms with Gasteiger partial charge in [0.05, 0.1) is 11.4 Å². The molecule has 0 aromatic carbocycles. The summed E-state index contributed by atoms with van der Waals surface area (Å²) in [5, 5.41) is 18.6. The molecule has 1 amide bonds. The van der Waals surface area contributed by atoms with E-state index in [0.29, 0.717) is 27.9 Å². The topological polar surface area (TPSA) is 166 Å². The van der Waals surface area contributed by atoms with Crippen molar-refractivity contribution in [1.82, 2.24) is 24.8 Å². The average Bonchev–Trinajstić information content (AvgIpc) is 3.82. The molecule has 3 aliphatic rings. The summed E-state index contributed by atoms with van der Waals surface area (Å²) in [7, 11) is 4.77. The summed E-state index contributed by atoms with van der Waals surface area (Å²) in [5.41, 5.74) is 11.8. The van der Waals surface area contributed by atoms with Crippen molar-refractivity contribution >= 4 is 94.7 Å². The first-order valence-electron chi connectivity index (χ1n) is 16.3. The Hall–Kier alpha value is -4.16. The number of hydrogen-bond acceptors (Lipinski definition) is 6. The van der Waals surface area contributed by atoms with E-state index in [1.807, 2.05) is 39.0 Å². The molecule has 2 radical (unpaired) electrons. The molecule has 2 N–H and O–H groups in total. The molecule has 258 valence electrons. The summed E-state index contributed by atoms with van der Waals surface area (Å²) < 4.78 is 0. The molecule has 0 saturated heterocycles. The van der Waals surface area contributed by atoms with E-state index in [4.69, 9.17) is 28.5 Å². The quantitative estimate of drug-likeness (QED) is 0.267. The molecule has 2 atom stereocenters. The van der Waals surface area contributed by atoms with Crippen LogP contribution in [0.5, 0.6) is 0 Å². The normalized spacial score (nSPS) is 16.2. The van der Waals surface area contributed by atoms with E-state index in [9.17, 15) is 29.4 Å². The summed E-state index contributed by atoms with van der Waals surface area (Å²) in [6.07, 6.45) is 2.84. The zero-order valence-corrected chi connectivity index (χ0v) is 32.7. The van der Waals surface area contributed by atoms with Crippen molar-refractivity contribution in [3.05, 3.63) is 75.4 Å². The monoisotopic (exact) mass is 797 g/mol. The number of aromatic nitrogens is 4. The number of Topliss-reactive ketones (excluding diaryl/α,β-unsaturated/α-hetero) is 1. The van der Waals surface area contributed by atoms with Crippen molar-refractivity contribution in [2.45, 2.75) is 72.1 Å². The van der Waals surface area contributed by atoms with E-state index < -0.39 is 30.9 Å². The molecule has 11 nitrogen and oxygen atoms in total. The summed E-state index contributed by atoms with van der Waals surface area (Å²) in [5.74, 6) is -3.74. The van der Waals surface area contributed by atoms with Crippen LogP contribution < -0.4 is 9.97 Å². The van der Waals surface area contributed by atoms with Crippen molar-refractivity contribution in [2.24, 2.45) is 0 Å². The third-order valence-corrected chi connectivity index (χ3v) is 9.87. The number of carboxylic acids is 2. The Labute approximate surface area is 308 Å². The van der Waals surface area contributed by atoms with Crippen molar-refractivity contribution in [3.8, 4) is 0 Å². The number of carbonyl (C=O) groups is 4. The number of carbonyl (C=O) groups excluding carboxylic acids is 2. The number of carboxylic acid groups (broad SMARTS) is 2. The third kappa shape index (κ3) is 6.79. The van der Waals surface area contributed by atoms with Gasteiger partial charge in [-0.15, -0.1) is 22.1 Å². The van der Waals surface area contributed by atoms with Gasteiger partial charge in [-0.1, -0.05) is 55.8 Å². The Kier molecular flexibility index (Phi) is 11.1. The van der Waals surface area contributed by atoms with Gasteiger partial charge in [0.1, 0.15) is 13.1 Å². The van der Waals surface area contributed by atoms with Crippen LogP contribution >= 0.6 is 8.58 Å². The van der Waals surface area contributed by atoms with Crippen molar-refractivity contribution < 1.29 is 29.4 Å². The number of fused-ring (bicyclic) bond motifs is 8. The van der Waals surface area contributed by atoms with Gasteiger partial charge in [0.25, 0.3) is 0 Å². The molecule has 50 heavy (non-hydrogen) atoms. The van der Waals surface area contributed by atoms with Gasteiger partial charge < -0.3 is 25.1 Å². The van der Waals surface area contributed by atoms with Crippen molar-refractivity contribution in [3.63, 3.8) is 0 Å². The second kappa shape index (κ2) is 15.0. The molecule has 0 spiro atoms. The van der Waals surface area contributed by atoms with Gasteiger partial charge in [-0.3, -0.25) is 24.2 Å². The second-order valence-electron chi connectivity index (χ2n) is 12.7. The van der Waals surface area contributed by atoms with Crippen LogP contribution in [0.2, 0.25) is 0 Å². The number of aryl methyl sites for hydroxylation is 2. The number of rotatable bonds is 9. The predicted octanol–water partition coefficient (Wildman–Crippen LogP) is 5.89. The van der Waals surface area contributed by atoms with E-state index in [1.54, 1.807) is 6.08 Å². The molecule has 3 aromatic heterocycles. The third-order valence-electron chi connectivity index (χ3n) is 9.87. The fraction of sp³-hybridized carbons (Fsp3) is 0.351. The molecule has 6 rings (SSSR count). The van der Waals surface area contributed by atoms with E-state index in [0.717, 1.165) is 90.5 Å². The van der Waals surface area contributed by atoms with Crippen molar-refractivity contribution in [1.29, 1.82) is 0 Å². The summed E-state index contributed by atoms with van der Waals surface area (Å²) in [6, 6.07) is 5.86. The number of amides is 1. The standard InChI is InChI=1S/C37H39N5O6.ClH.In/c1-7-21-17(3)25-12-27-19(5)23(9-10-32(44)42(15-33(45)46)16-34(47)48)36(40-27)24-11-31(43)35-20(6)28(41-37(24)35)14-30-22(8-2)18(4)26(39-30)13-29(21)38-25;;/h7,12-14,19,23H,1,8-11,15-16H2,2-6H3,(H4,38,39,40,41,43,45,46,47,48);1H;/q;;+1/p-3/t19-,23-;;/m0../s1. The van der Waals surface area contributed by atoms with E-state index >= 15 is 0 Å². The Balaban J connectivity index is 0.00000239. The van der Waals surface area contributed by atoms with E-state index in [-0.39, 0.29) is 36.9 Å². The predicted molar refractivity (Wildman–Crippen MR) is 193 cm³/mol. The Morgan fingerprint density at radius 2 is 1.64 bits per heavy atom. The minimum atomic E-state index is -1.30. The van der Waals surface area contributed by atoms with E-state index in [2.05, 4.69) is 20.4 Å². The SMILES string of the molecule is C=Cc1c(C)c2cc3nc(c4c5[n-]c(cc6nc(cc1[n-]2)C(C)=C6CC)c(C)c5C(=O)C4)[C@@H](CCC(=O)N(CC(=O)O)CC(=O)O)[C@@H]3C.[Cl][In]. The first-order chi connectivity index (χ1) is 23.8. The Morgan fingerprint density at radius 1 is 1.00 bits per heavy atom. The molecule has 1 aliphatic carbocycles. The summed E-state index contributed by atoms with van der Waals surface area (Å²) in [4.78, 5) is 70.4. The number of halogens is 1. The summed E-state index contributed by atoms with van der Waals surface area (Å²) in [6.45, 7) is 12.6. The fourth-order valence-corrected chi connectivity index (χ4v) is 7.26. The molecule has 8 bridgehead atoms. The number of allylic oxidation sites excluding steroid dienone is 2. The molecule has 0 unspecified atom stereocenters. The van der Waals surface area contributed by atoms with Gasteiger partial charge >= 0.3 is 43.7 Å². The number of hydrogen-bond donors (Lipinski definition) is 2. The minimum absolute atomic E-state index is 0.0485. The molecule has 3 aromatic rings. The molecule has 5 heterocycles. The molecule has 0 fully saturated rings. The van der Waals surface area contributed by atoms with Crippen LogP contribution in [0, 0.1) is 13.8 Å². The van der Waals surface area contributed by atoms with Crippen LogP contribution in [0.15, 0.2) is 24.8 Å². The van der Waals surface area contributed by atoms with Gasteiger partial charge in [-0.2, -0.15) is 0 Å². The van der Waals surface area contributed by atoms with E-state index in [1.165, 1.54) is 0 Å². The fourth-order valence-electron chi connectivity index (χ4n) is 7.26. The van der Waals surface area contributed by atoms with Crippen LogP contribution in [-0.4, -0.2) is 85.0 Å². The Morgan fingerprint density at radius 3 is 2.26 bits per heavy atom. The molecular formula is C37H37ClInN5O6-2. The van der Waals surface area contributed by atoms with Gasteiger partial charge in [-0.25, -0.2) is 4.98 Å². The number of nitrogens with zero attached hydrogens (tertiary/aromatic N) is 5.